The van der Waals surface area contributed by atoms with Gasteiger partial charge in [0.1, 0.15) is 5.75 Å². The van der Waals surface area contributed by atoms with Crippen molar-refractivity contribution in [1.29, 1.82) is 0 Å². The molecule has 100 valence electrons. The number of methoxy groups -OCH3 is 1. The summed E-state index contributed by atoms with van der Waals surface area (Å²) in [5.41, 5.74) is 0.690. The minimum absolute atomic E-state index is 0.324. The van der Waals surface area contributed by atoms with E-state index in [-0.39, 0.29) is 5.97 Å². The van der Waals surface area contributed by atoms with Gasteiger partial charge in [-0.2, -0.15) is 0 Å². The lowest BCUT2D eigenvalue weighted by Crippen LogP contribution is -2.24. The summed E-state index contributed by atoms with van der Waals surface area (Å²) in [6, 6.07) is 7.03. The first-order valence-electron chi connectivity index (χ1n) is 6.12. The third-order valence-corrected chi connectivity index (χ3v) is 2.87. The van der Waals surface area contributed by atoms with Gasteiger partial charge in [0.05, 0.1) is 25.7 Å². The summed E-state index contributed by atoms with van der Waals surface area (Å²) in [6.45, 7) is 3.93. The number of carbonyl (C=O) groups is 1. The van der Waals surface area contributed by atoms with Gasteiger partial charge in [-0.25, -0.2) is 0 Å². The number of aliphatic hydroxyl groups excluding tert-OH is 1. The number of esters is 1. The highest BCUT2D eigenvalue weighted by molar-refractivity contribution is 5.73. The topological polar surface area (TPSA) is 55.8 Å². The summed E-state index contributed by atoms with van der Waals surface area (Å²) >= 11 is 0. The third kappa shape index (κ3) is 3.47. The molecule has 0 spiro atoms. The van der Waals surface area contributed by atoms with Crippen LogP contribution in [0.25, 0.3) is 0 Å². The Hall–Kier alpha value is -1.55. The van der Waals surface area contributed by atoms with Crippen LogP contribution in [0.2, 0.25) is 0 Å². The van der Waals surface area contributed by atoms with Gasteiger partial charge >= 0.3 is 5.97 Å². The molecule has 0 aliphatic carbocycles. The summed E-state index contributed by atoms with van der Waals surface area (Å²) < 4.78 is 10.0. The summed E-state index contributed by atoms with van der Waals surface area (Å²) in [5.74, 6) is -0.170. The fourth-order valence-electron chi connectivity index (χ4n) is 1.80. The van der Waals surface area contributed by atoms with Crippen molar-refractivity contribution in [2.75, 3.05) is 13.7 Å². The van der Waals surface area contributed by atoms with Gasteiger partial charge in [0.15, 0.2) is 0 Å². The van der Waals surface area contributed by atoms with E-state index in [1.54, 1.807) is 38.3 Å². The standard InChI is InChI=1S/C14H20O4/c1-4-12(14(16)18-5-2)13(15)10-6-8-11(17-3)9-7-10/h6-9,12-13,15H,4-5H2,1-3H3. The Morgan fingerprint density at radius 3 is 2.33 bits per heavy atom. The molecule has 0 fully saturated rings. The van der Waals surface area contributed by atoms with Crippen molar-refractivity contribution in [2.24, 2.45) is 5.92 Å². The minimum atomic E-state index is -0.847. The van der Waals surface area contributed by atoms with E-state index < -0.39 is 12.0 Å². The van der Waals surface area contributed by atoms with E-state index in [1.165, 1.54) is 0 Å². The highest BCUT2D eigenvalue weighted by Crippen LogP contribution is 2.27. The third-order valence-electron chi connectivity index (χ3n) is 2.87. The highest BCUT2D eigenvalue weighted by atomic mass is 16.5. The second-order valence-electron chi connectivity index (χ2n) is 3.98. The molecule has 1 rings (SSSR count). The van der Waals surface area contributed by atoms with E-state index in [9.17, 15) is 9.90 Å². The molecule has 0 aliphatic rings. The Morgan fingerprint density at radius 2 is 1.89 bits per heavy atom. The highest BCUT2D eigenvalue weighted by Gasteiger charge is 2.27. The molecule has 2 atom stereocenters. The monoisotopic (exact) mass is 252 g/mol. The smallest absolute Gasteiger partial charge is 0.311 e. The van der Waals surface area contributed by atoms with Gasteiger partial charge in [0.25, 0.3) is 0 Å². The van der Waals surface area contributed by atoms with Crippen molar-refractivity contribution in [2.45, 2.75) is 26.4 Å². The van der Waals surface area contributed by atoms with Crippen LogP contribution in [0.4, 0.5) is 0 Å². The lowest BCUT2D eigenvalue weighted by atomic mass is 9.93. The SMILES string of the molecule is CCOC(=O)C(CC)C(O)c1ccc(OC)cc1. The Kier molecular flexibility index (Phi) is 5.65. The summed E-state index contributed by atoms with van der Waals surface area (Å²) in [6.07, 6.45) is -0.314. The molecule has 4 nitrogen and oxygen atoms in total. The van der Waals surface area contributed by atoms with Crippen molar-refractivity contribution in [1.82, 2.24) is 0 Å². The van der Waals surface area contributed by atoms with Crippen molar-refractivity contribution in [3.05, 3.63) is 29.8 Å². The Labute approximate surface area is 108 Å². The molecule has 1 aromatic carbocycles. The van der Waals surface area contributed by atoms with Gasteiger partial charge in [-0.3, -0.25) is 4.79 Å². The number of rotatable bonds is 6. The van der Waals surface area contributed by atoms with Crippen LogP contribution < -0.4 is 4.74 Å². The number of ether oxygens (including phenoxy) is 2. The van der Waals surface area contributed by atoms with Crippen LogP contribution in [0, 0.1) is 5.92 Å². The number of benzene rings is 1. The van der Waals surface area contributed by atoms with Crippen molar-refractivity contribution >= 4 is 5.97 Å². The van der Waals surface area contributed by atoms with Gasteiger partial charge < -0.3 is 14.6 Å². The molecule has 4 heteroatoms. The van der Waals surface area contributed by atoms with E-state index in [1.807, 2.05) is 6.92 Å². The average molecular weight is 252 g/mol. The number of aliphatic hydroxyl groups is 1. The summed E-state index contributed by atoms with van der Waals surface area (Å²) in [5, 5.41) is 10.2. The molecule has 0 amide bonds. The van der Waals surface area contributed by atoms with Crippen LogP contribution in [0.1, 0.15) is 31.9 Å². The quantitative estimate of drug-likeness (QED) is 0.789. The second-order valence-corrected chi connectivity index (χ2v) is 3.98. The number of hydrogen-bond acceptors (Lipinski definition) is 4. The molecule has 1 aromatic rings. The molecule has 0 radical (unpaired) electrons. The van der Waals surface area contributed by atoms with Crippen LogP contribution in [-0.2, 0) is 9.53 Å². The van der Waals surface area contributed by atoms with Crippen LogP contribution in [-0.4, -0.2) is 24.8 Å². The van der Waals surface area contributed by atoms with Gasteiger partial charge in [-0.05, 0) is 31.0 Å². The molecule has 0 bridgehead atoms. The normalized spacial score (nSPS) is 13.8. The molecule has 1 N–H and O–H groups in total. The van der Waals surface area contributed by atoms with Crippen LogP contribution in [0.15, 0.2) is 24.3 Å². The maximum atomic E-state index is 11.7. The zero-order valence-corrected chi connectivity index (χ0v) is 11.1. The maximum Gasteiger partial charge on any atom is 0.311 e. The van der Waals surface area contributed by atoms with E-state index in [0.717, 1.165) is 5.75 Å². The average Bonchev–Trinajstić information content (AvgIpc) is 2.40. The second kappa shape index (κ2) is 7.01. The van der Waals surface area contributed by atoms with Crippen LogP contribution in [0.3, 0.4) is 0 Å². The lowest BCUT2D eigenvalue weighted by molar-refractivity contribution is -0.152. The largest absolute Gasteiger partial charge is 0.497 e. The maximum absolute atomic E-state index is 11.7. The molecule has 0 saturated carbocycles. The van der Waals surface area contributed by atoms with E-state index in [2.05, 4.69) is 0 Å². The first-order chi connectivity index (χ1) is 8.63. The van der Waals surface area contributed by atoms with Gasteiger partial charge in [0.2, 0.25) is 0 Å². The summed E-state index contributed by atoms with van der Waals surface area (Å²) in [4.78, 5) is 11.7. The Balaban J connectivity index is 2.81. The summed E-state index contributed by atoms with van der Waals surface area (Å²) in [7, 11) is 1.58. The first kappa shape index (κ1) is 14.5. The predicted octanol–water partition coefficient (Wildman–Crippen LogP) is 2.32. The fraction of sp³-hybridized carbons (Fsp3) is 0.500. The fourth-order valence-corrected chi connectivity index (χ4v) is 1.80. The van der Waals surface area contributed by atoms with Crippen LogP contribution >= 0.6 is 0 Å². The van der Waals surface area contributed by atoms with Crippen molar-refractivity contribution in [3.63, 3.8) is 0 Å². The first-order valence-corrected chi connectivity index (χ1v) is 6.12. The Bertz CT molecular complexity index is 372. The Morgan fingerprint density at radius 1 is 1.28 bits per heavy atom. The zero-order valence-electron chi connectivity index (χ0n) is 11.1. The number of hydrogen-bond donors (Lipinski definition) is 1. The lowest BCUT2D eigenvalue weighted by Gasteiger charge is -2.20. The number of carbonyl (C=O) groups excluding carboxylic acids is 1. The molecular formula is C14H20O4. The van der Waals surface area contributed by atoms with Gasteiger partial charge in [0, 0.05) is 0 Å². The molecule has 0 saturated heterocycles. The minimum Gasteiger partial charge on any atom is -0.497 e. The van der Waals surface area contributed by atoms with Gasteiger partial charge in [-0.15, -0.1) is 0 Å². The predicted molar refractivity (Wildman–Crippen MR) is 68.4 cm³/mol. The molecular weight excluding hydrogens is 232 g/mol. The van der Waals surface area contributed by atoms with E-state index in [0.29, 0.717) is 18.6 Å². The zero-order chi connectivity index (χ0) is 13.5. The van der Waals surface area contributed by atoms with E-state index in [4.69, 9.17) is 9.47 Å². The van der Waals surface area contributed by atoms with Crippen molar-refractivity contribution in [3.8, 4) is 5.75 Å². The van der Waals surface area contributed by atoms with Gasteiger partial charge in [-0.1, -0.05) is 19.1 Å². The van der Waals surface area contributed by atoms with Crippen molar-refractivity contribution < 1.29 is 19.4 Å². The molecule has 0 heterocycles. The molecule has 0 aromatic heterocycles. The van der Waals surface area contributed by atoms with Crippen LogP contribution in [0.5, 0.6) is 5.75 Å². The molecule has 2 unspecified atom stereocenters. The molecule has 0 aliphatic heterocycles. The molecule has 18 heavy (non-hydrogen) atoms. The van der Waals surface area contributed by atoms with E-state index >= 15 is 0 Å².